The fourth-order valence-corrected chi connectivity index (χ4v) is 3.06. The van der Waals surface area contributed by atoms with Crippen molar-refractivity contribution in [2.45, 2.75) is 19.4 Å². The monoisotopic (exact) mass is 389 g/mol. The Labute approximate surface area is 163 Å². The van der Waals surface area contributed by atoms with Crippen LogP contribution < -0.4 is 16.0 Å². The van der Waals surface area contributed by atoms with Gasteiger partial charge in [-0.1, -0.05) is 11.6 Å². The number of dihydropyridines is 1. The van der Waals surface area contributed by atoms with Crippen LogP contribution in [-0.4, -0.2) is 41.8 Å². The molecular weight excluding hydrogens is 366 g/mol. The summed E-state index contributed by atoms with van der Waals surface area (Å²) in [6.45, 7) is 3.40. The lowest BCUT2D eigenvalue weighted by Crippen LogP contribution is -2.26. The predicted molar refractivity (Wildman–Crippen MR) is 106 cm³/mol. The van der Waals surface area contributed by atoms with Crippen LogP contribution >= 0.6 is 11.6 Å². The summed E-state index contributed by atoms with van der Waals surface area (Å²) in [6, 6.07) is 3.66. The molecule has 1 aromatic heterocycles. The van der Waals surface area contributed by atoms with Crippen LogP contribution in [0.2, 0.25) is 5.02 Å². The van der Waals surface area contributed by atoms with E-state index in [1.54, 1.807) is 24.7 Å². The third-order valence-electron chi connectivity index (χ3n) is 4.34. The summed E-state index contributed by atoms with van der Waals surface area (Å²) in [7, 11) is 1.52. The summed E-state index contributed by atoms with van der Waals surface area (Å²) < 4.78 is 5.11. The van der Waals surface area contributed by atoms with Gasteiger partial charge in [0.15, 0.2) is 11.5 Å². The van der Waals surface area contributed by atoms with E-state index in [9.17, 15) is 5.11 Å². The van der Waals surface area contributed by atoms with E-state index in [0.717, 1.165) is 16.6 Å². The average Bonchev–Trinajstić information content (AvgIpc) is 3.27. The van der Waals surface area contributed by atoms with Gasteiger partial charge < -0.3 is 25.8 Å². The Morgan fingerprint density at radius 1 is 1.19 bits per heavy atom. The van der Waals surface area contributed by atoms with Gasteiger partial charge in [-0.3, -0.25) is 9.97 Å². The van der Waals surface area contributed by atoms with Gasteiger partial charge >= 0.3 is 0 Å². The van der Waals surface area contributed by atoms with Crippen LogP contribution in [-0.2, 0) is 11.3 Å². The van der Waals surface area contributed by atoms with Crippen molar-refractivity contribution in [3.63, 3.8) is 0 Å². The summed E-state index contributed by atoms with van der Waals surface area (Å²) in [5.74, 6) is 0.582. The van der Waals surface area contributed by atoms with Gasteiger partial charge in [0.25, 0.3) is 0 Å². The molecule has 144 valence electrons. The Balaban J connectivity index is 0.000000364. The maximum Gasteiger partial charge on any atom is 0.180 e. The van der Waals surface area contributed by atoms with Crippen molar-refractivity contribution < 1.29 is 9.84 Å². The van der Waals surface area contributed by atoms with E-state index in [1.165, 1.54) is 33.0 Å². The van der Waals surface area contributed by atoms with Crippen LogP contribution in [0.4, 0.5) is 0 Å². The number of hydrogen-bond donors (Lipinski definition) is 4. The minimum Gasteiger partial charge on any atom is -0.503 e. The highest BCUT2D eigenvalue weighted by Crippen LogP contribution is 2.22. The number of methoxy groups -OCH3 is 1. The number of nitrogens with zero attached hydrogens (tertiary/aromatic N) is 2. The molecule has 0 aliphatic carbocycles. The van der Waals surface area contributed by atoms with Crippen LogP contribution in [0.3, 0.4) is 0 Å². The molecule has 4 N–H and O–H groups in total. The predicted octanol–water partition coefficient (Wildman–Crippen LogP) is 2.60. The summed E-state index contributed by atoms with van der Waals surface area (Å²) in [4.78, 5) is 8.48. The highest BCUT2D eigenvalue weighted by molar-refractivity contribution is 6.32. The Bertz CT molecular complexity index is 841. The standard InChI is InChI=1S/C15H15ClN4O2.C4H9N/c1-22-14-8-17-7-13(15(14)21)20-6-9-4-11-12(5-10(9)16)19-3-2-18-11;1-2-4-5-3-1/h2-5,7,17,20-21H,6,8H2,1H3;5H,1-4H2. The van der Waals surface area contributed by atoms with Crippen molar-refractivity contribution in [3.8, 4) is 0 Å². The fraction of sp³-hybridized carbons (Fsp3) is 0.368. The number of rotatable bonds is 4. The third-order valence-corrected chi connectivity index (χ3v) is 4.69. The lowest BCUT2D eigenvalue weighted by molar-refractivity contribution is 0.244. The van der Waals surface area contributed by atoms with Crippen molar-refractivity contribution in [3.05, 3.63) is 58.5 Å². The number of fused-ring (bicyclic) bond motifs is 1. The molecule has 3 heterocycles. The normalized spacial score (nSPS) is 16.3. The van der Waals surface area contributed by atoms with Gasteiger partial charge in [-0.2, -0.15) is 0 Å². The van der Waals surface area contributed by atoms with Gasteiger partial charge in [-0.05, 0) is 43.6 Å². The number of aliphatic hydroxyl groups excluding tert-OH is 1. The van der Waals surface area contributed by atoms with Crippen molar-refractivity contribution in [2.75, 3.05) is 26.7 Å². The van der Waals surface area contributed by atoms with Crippen molar-refractivity contribution in [1.29, 1.82) is 0 Å². The highest BCUT2D eigenvalue weighted by atomic mass is 35.5. The molecule has 0 saturated carbocycles. The van der Waals surface area contributed by atoms with E-state index in [2.05, 4.69) is 25.9 Å². The molecule has 0 amide bonds. The fourth-order valence-electron chi connectivity index (χ4n) is 2.83. The van der Waals surface area contributed by atoms with Crippen LogP contribution in [0.15, 0.2) is 47.9 Å². The van der Waals surface area contributed by atoms with Gasteiger partial charge in [0, 0.05) is 30.2 Å². The van der Waals surface area contributed by atoms with Crippen LogP contribution in [0.25, 0.3) is 11.0 Å². The molecule has 4 rings (SSSR count). The number of ether oxygens (including phenoxy) is 1. The zero-order chi connectivity index (χ0) is 19.1. The summed E-state index contributed by atoms with van der Waals surface area (Å²) in [5.41, 5.74) is 2.95. The second kappa shape index (κ2) is 9.43. The quantitative estimate of drug-likeness (QED) is 0.638. The minimum atomic E-state index is 0.0953. The number of aromatic nitrogens is 2. The Morgan fingerprint density at radius 2 is 1.89 bits per heavy atom. The average molecular weight is 390 g/mol. The van der Waals surface area contributed by atoms with Gasteiger partial charge in [0.2, 0.25) is 0 Å². The van der Waals surface area contributed by atoms with Crippen LogP contribution in [0.5, 0.6) is 0 Å². The number of aliphatic hydroxyl groups is 1. The number of halogens is 1. The first-order chi connectivity index (χ1) is 13.2. The second-order valence-electron chi connectivity index (χ2n) is 6.21. The Kier molecular flexibility index (Phi) is 6.73. The Hall–Kier alpha value is -2.51. The van der Waals surface area contributed by atoms with E-state index in [0.29, 0.717) is 29.6 Å². The zero-order valence-corrected chi connectivity index (χ0v) is 16.0. The van der Waals surface area contributed by atoms with Gasteiger partial charge in [-0.15, -0.1) is 0 Å². The molecule has 0 radical (unpaired) electrons. The smallest absolute Gasteiger partial charge is 0.180 e. The molecule has 2 aliphatic rings. The molecule has 2 aliphatic heterocycles. The largest absolute Gasteiger partial charge is 0.503 e. The maximum absolute atomic E-state index is 10.1. The summed E-state index contributed by atoms with van der Waals surface area (Å²) >= 11 is 6.27. The van der Waals surface area contributed by atoms with E-state index in [4.69, 9.17) is 16.3 Å². The first-order valence-corrected chi connectivity index (χ1v) is 9.30. The molecule has 7 nitrogen and oxygen atoms in total. The lowest BCUT2D eigenvalue weighted by Gasteiger charge is -2.19. The molecule has 8 heteroatoms. The van der Waals surface area contributed by atoms with Crippen LogP contribution in [0, 0.1) is 0 Å². The molecule has 0 bridgehead atoms. The first kappa shape index (κ1) is 19.3. The van der Waals surface area contributed by atoms with Crippen LogP contribution in [0.1, 0.15) is 18.4 Å². The molecule has 1 saturated heterocycles. The molecule has 0 spiro atoms. The third kappa shape index (κ3) is 5.02. The molecule has 0 unspecified atom stereocenters. The minimum absolute atomic E-state index is 0.0953. The van der Waals surface area contributed by atoms with Gasteiger partial charge in [0.1, 0.15) is 0 Å². The lowest BCUT2D eigenvalue weighted by atomic mass is 10.1. The number of benzene rings is 1. The van der Waals surface area contributed by atoms with E-state index < -0.39 is 0 Å². The van der Waals surface area contributed by atoms with E-state index in [-0.39, 0.29) is 5.76 Å². The molecule has 1 fully saturated rings. The van der Waals surface area contributed by atoms with Crippen molar-refractivity contribution in [1.82, 2.24) is 25.9 Å². The zero-order valence-electron chi connectivity index (χ0n) is 15.3. The molecule has 1 aromatic carbocycles. The molecular formula is C19H24ClN5O2. The maximum atomic E-state index is 10.1. The SMILES string of the molecule is C1CCNC1.COC1=C(O)C(NCc2cc3nccnc3cc2Cl)=CNC1. The number of nitrogens with one attached hydrogen (secondary N) is 3. The molecule has 27 heavy (non-hydrogen) atoms. The van der Waals surface area contributed by atoms with E-state index in [1.807, 2.05) is 6.07 Å². The summed E-state index contributed by atoms with van der Waals surface area (Å²) in [5, 5.41) is 20.1. The Morgan fingerprint density at radius 3 is 2.52 bits per heavy atom. The molecule has 0 atom stereocenters. The molecule has 2 aromatic rings. The van der Waals surface area contributed by atoms with Crippen molar-refractivity contribution in [2.24, 2.45) is 0 Å². The van der Waals surface area contributed by atoms with Gasteiger partial charge in [-0.25, -0.2) is 0 Å². The first-order valence-electron chi connectivity index (χ1n) is 8.93. The van der Waals surface area contributed by atoms with Gasteiger partial charge in [0.05, 0.1) is 30.4 Å². The second-order valence-corrected chi connectivity index (χ2v) is 6.62. The topological polar surface area (TPSA) is 91.3 Å². The number of hydrogen-bond acceptors (Lipinski definition) is 7. The highest BCUT2D eigenvalue weighted by Gasteiger charge is 2.16. The summed E-state index contributed by atoms with van der Waals surface area (Å²) in [6.07, 6.45) is 7.75. The van der Waals surface area contributed by atoms with Crippen molar-refractivity contribution >= 4 is 22.6 Å². The van der Waals surface area contributed by atoms with E-state index >= 15 is 0 Å².